The van der Waals surface area contributed by atoms with Crippen LogP contribution in [0.5, 0.6) is 0 Å². The number of anilines is 1. The van der Waals surface area contributed by atoms with Gasteiger partial charge in [0.1, 0.15) is 17.3 Å². The van der Waals surface area contributed by atoms with Crippen molar-refractivity contribution in [1.82, 2.24) is 4.98 Å². The summed E-state index contributed by atoms with van der Waals surface area (Å²) in [6, 6.07) is 2.04. The molecule has 7 heteroatoms. The smallest absolute Gasteiger partial charge is 0.387 e. The van der Waals surface area contributed by atoms with Crippen molar-refractivity contribution >= 4 is 16.6 Å². The van der Waals surface area contributed by atoms with E-state index in [9.17, 15) is 22.0 Å². The molecule has 0 atom stereocenters. The van der Waals surface area contributed by atoms with E-state index in [0.717, 1.165) is 6.07 Å². The molecule has 0 amide bonds. The lowest BCUT2D eigenvalue weighted by molar-refractivity contribution is -0.140. The molecule has 1 heterocycles. The molecule has 0 aliphatic rings. The van der Waals surface area contributed by atoms with E-state index in [-0.39, 0.29) is 16.6 Å². The molecule has 0 aliphatic carbocycles. The molecule has 1 aromatic heterocycles. The summed E-state index contributed by atoms with van der Waals surface area (Å²) in [6.07, 6.45) is -4.68. The molecule has 0 unspecified atom stereocenters. The fourth-order valence-electron chi connectivity index (χ4n) is 1.63. The lowest BCUT2D eigenvalue weighted by Gasteiger charge is -2.12. The average Bonchev–Trinajstić information content (AvgIpc) is 2.25. The first-order chi connectivity index (χ1) is 8.32. The second kappa shape index (κ2) is 4.08. The zero-order chi connectivity index (χ0) is 13.5. The van der Waals surface area contributed by atoms with E-state index >= 15 is 0 Å². The van der Waals surface area contributed by atoms with E-state index in [1.54, 1.807) is 0 Å². The Morgan fingerprint density at radius 3 is 2.33 bits per heavy atom. The Kier molecular flexibility index (Phi) is 2.84. The Hall–Kier alpha value is -1.92. The average molecular weight is 262 g/mol. The molecule has 0 saturated heterocycles. The van der Waals surface area contributed by atoms with Crippen LogP contribution in [-0.2, 0) is 6.18 Å². The van der Waals surface area contributed by atoms with Gasteiger partial charge in [-0.25, -0.2) is 13.8 Å². The van der Waals surface area contributed by atoms with E-state index in [1.807, 2.05) is 0 Å². The van der Waals surface area contributed by atoms with Gasteiger partial charge in [0.15, 0.2) is 0 Å². The molecule has 0 bridgehead atoms. The number of aromatic nitrogens is 1. The van der Waals surface area contributed by atoms with E-state index in [1.165, 1.54) is 7.05 Å². The van der Waals surface area contributed by atoms with Gasteiger partial charge in [0.05, 0.1) is 10.9 Å². The van der Waals surface area contributed by atoms with Gasteiger partial charge >= 0.3 is 6.18 Å². The summed E-state index contributed by atoms with van der Waals surface area (Å²) in [7, 11) is 1.34. The van der Waals surface area contributed by atoms with Crippen LogP contribution in [0.2, 0.25) is 0 Å². The van der Waals surface area contributed by atoms with Gasteiger partial charge in [0, 0.05) is 24.9 Å². The van der Waals surface area contributed by atoms with Crippen LogP contribution in [0.1, 0.15) is 5.69 Å². The molecular weight excluding hydrogens is 255 g/mol. The van der Waals surface area contributed by atoms with Gasteiger partial charge in [0.2, 0.25) is 0 Å². The summed E-state index contributed by atoms with van der Waals surface area (Å²) in [4.78, 5) is 3.23. The highest BCUT2D eigenvalue weighted by molar-refractivity contribution is 5.92. The normalized spacial score (nSPS) is 11.9. The first-order valence-corrected chi connectivity index (χ1v) is 4.87. The highest BCUT2D eigenvalue weighted by Crippen LogP contribution is 2.34. The minimum absolute atomic E-state index is 0.0928. The van der Waals surface area contributed by atoms with Crippen LogP contribution in [0.4, 0.5) is 27.6 Å². The largest absolute Gasteiger partial charge is 0.433 e. The Morgan fingerprint density at radius 1 is 1.11 bits per heavy atom. The molecule has 0 radical (unpaired) electrons. The van der Waals surface area contributed by atoms with Gasteiger partial charge in [-0.3, -0.25) is 0 Å². The molecule has 2 nitrogen and oxygen atoms in total. The lowest BCUT2D eigenvalue weighted by Crippen LogP contribution is -2.09. The van der Waals surface area contributed by atoms with E-state index in [0.29, 0.717) is 12.1 Å². The summed E-state index contributed by atoms with van der Waals surface area (Å²) < 4.78 is 64.2. The second-order valence-electron chi connectivity index (χ2n) is 3.58. The summed E-state index contributed by atoms with van der Waals surface area (Å²) in [5, 5.41) is 2.27. The van der Waals surface area contributed by atoms with E-state index in [2.05, 4.69) is 10.3 Å². The number of rotatable bonds is 1. The number of hydrogen-bond acceptors (Lipinski definition) is 2. The van der Waals surface area contributed by atoms with Crippen LogP contribution >= 0.6 is 0 Å². The molecule has 1 aromatic carbocycles. The third-order valence-corrected chi connectivity index (χ3v) is 2.39. The molecule has 1 N–H and O–H groups in total. The maximum atomic E-state index is 13.5. The number of nitrogens with one attached hydrogen (secondary N) is 1. The van der Waals surface area contributed by atoms with Gasteiger partial charge in [-0.05, 0) is 6.07 Å². The van der Waals surface area contributed by atoms with Gasteiger partial charge in [-0.2, -0.15) is 13.2 Å². The quantitative estimate of drug-likeness (QED) is 0.794. The van der Waals surface area contributed by atoms with E-state index < -0.39 is 23.5 Å². The summed E-state index contributed by atoms with van der Waals surface area (Å²) in [6.45, 7) is 0. The zero-order valence-electron chi connectivity index (χ0n) is 9.07. The predicted molar refractivity (Wildman–Crippen MR) is 56.2 cm³/mol. The van der Waals surface area contributed by atoms with Crippen LogP contribution in [0.25, 0.3) is 10.9 Å². The standard InChI is InChI=1S/C11H7F5N2/c1-17-7-4-9(11(14,15)16)18-8-3-5(12)2-6(13)10(7)8/h2-4H,1H3,(H,17,18). The first kappa shape index (κ1) is 12.5. The number of nitrogens with zero attached hydrogens (tertiary/aromatic N) is 1. The minimum Gasteiger partial charge on any atom is -0.387 e. The topological polar surface area (TPSA) is 24.9 Å². The first-order valence-electron chi connectivity index (χ1n) is 4.87. The predicted octanol–water partition coefficient (Wildman–Crippen LogP) is 3.57. The van der Waals surface area contributed by atoms with Gasteiger partial charge in [-0.15, -0.1) is 0 Å². The van der Waals surface area contributed by atoms with Gasteiger partial charge in [-0.1, -0.05) is 0 Å². The van der Waals surface area contributed by atoms with Crippen LogP contribution in [0, 0.1) is 11.6 Å². The summed E-state index contributed by atoms with van der Waals surface area (Å²) >= 11 is 0. The summed E-state index contributed by atoms with van der Waals surface area (Å²) in [5.41, 5.74) is -1.68. The molecule has 0 aliphatic heterocycles. The maximum Gasteiger partial charge on any atom is 0.433 e. The minimum atomic E-state index is -4.68. The molecule has 2 rings (SSSR count). The number of benzene rings is 1. The van der Waals surface area contributed by atoms with Crippen molar-refractivity contribution in [2.75, 3.05) is 12.4 Å². The van der Waals surface area contributed by atoms with Crippen LogP contribution in [0.3, 0.4) is 0 Å². The second-order valence-corrected chi connectivity index (χ2v) is 3.58. The molecule has 0 fully saturated rings. The fourth-order valence-corrected chi connectivity index (χ4v) is 1.63. The number of halogens is 5. The number of alkyl halides is 3. The van der Waals surface area contributed by atoms with E-state index in [4.69, 9.17) is 0 Å². The van der Waals surface area contributed by atoms with Crippen molar-refractivity contribution in [3.05, 3.63) is 35.5 Å². The van der Waals surface area contributed by atoms with Crippen molar-refractivity contribution in [3.8, 4) is 0 Å². The Bertz CT molecular complexity index is 606. The molecule has 96 valence electrons. The molecule has 0 spiro atoms. The number of fused-ring (bicyclic) bond motifs is 1. The zero-order valence-corrected chi connectivity index (χ0v) is 9.07. The lowest BCUT2D eigenvalue weighted by atomic mass is 10.1. The molecule has 0 saturated carbocycles. The van der Waals surface area contributed by atoms with Crippen molar-refractivity contribution in [3.63, 3.8) is 0 Å². The third kappa shape index (κ3) is 2.07. The van der Waals surface area contributed by atoms with Gasteiger partial charge < -0.3 is 5.32 Å². The molecule has 2 aromatic rings. The third-order valence-electron chi connectivity index (χ3n) is 2.39. The SMILES string of the molecule is CNc1cc(C(F)(F)F)nc2cc(F)cc(F)c12. The highest BCUT2D eigenvalue weighted by Gasteiger charge is 2.33. The van der Waals surface area contributed by atoms with Crippen molar-refractivity contribution in [2.24, 2.45) is 0 Å². The monoisotopic (exact) mass is 262 g/mol. The van der Waals surface area contributed by atoms with Crippen molar-refractivity contribution < 1.29 is 22.0 Å². The summed E-state index contributed by atoms with van der Waals surface area (Å²) in [5.74, 6) is -1.94. The van der Waals surface area contributed by atoms with Crippen molar-refractivity contribution in [2.45, 2.75) is 6.18 Å². The molecule has 18 heavy (non-hydrogen) atoms. The Labute approximate surface area is 98.4 Å². The molecular formula is C11H7F5N2. The Balaban J connectivity index is 2.84. The van der Waals surface area contributed by atoms with Crippen LogP contribution in [0.15, 0.2) is 18.2 Å². The van der Waals surface area contributed by atoms with Gasteiger partial charge in [0.25, 0.3) is 0 Å². The van der Waals surface area contributed by atoms with Crippen LogP contribution < -0.4 is 5.32 Å². The fraction of sp³-hybridized carbons (Fsp3) is 0.182. The highest BCUT2D eigenvalue weighted by atomic mass is 19.4. The maximum absolute atomic E-state index is 13.5. The Morgan fingerprint density at radius 2 is 1.78 bits per heavy atom. The van der Waals surface area contributed by atoms with Crippen LogP contribution in [-0.4, -0.2) is 12.0 Å². The number of hydrogen-bond donors (Lipinski definition) is 1. The van der Waals surface area contributed by atoms with Crippen molar-refractivity contribution in [1.29, 1.82) is 0 Å². The number of pyridine rings is 1.